The molecule has 0 aromatic carbocycles. The fourth-order valence-corrected chi connectivity index (χ4v) is 1.47. The lowest BCUT2D eigenvalue weighted by Crippen LogP contribution is -2.42. The van der Waals surface area contributed by atoms with Crippen LogP contribution in [0, 0.1) is 0 Å². The largest absolute Gasteiger partial charge is 0.458 e. The number of carbonyl (C=O) groups excluding carboxylic acids is 2. The molecule has 1 amide bonds. The number of aromatic nitrogens is 1. The lowest BCUT2D eigenvalue weighted by molar-refractivity contribution is -0.156. The van der Waals surface area contributed by atoms with Crippen LogP contribution < -0.4 is 5.32 Å². The first-order valence-electron chi connectivity index (χ1n) is 5.84. The Labute approximate surface area is 120 Å². The Morgan fingerprint density at radius 2 is 2.00 bits per heavy atom. The molecule has 0 aliphatic rings. The molecule has 5 nitrogen and oxygen atoms in total. The van der Waals surface area contributed by atoms with Gasteiger partial charge in [-0.25, -0.2) is 9.78 Å². The molecule has 104 valence electrons. The van der Waals surface area contributed by atoms with E-state index in [9.17, 15) is 9.59 Å². The van der Waals surface area contributed by atoms with Crippen molar-refractivity contribution in [2.75, 3.05) is 0 Å². The van der Waals surface area contributed by atoms with E-state index in [0.717, 1.165) is 0 Å². The van der Waals surface area contributed by atoms with Crippen molar-refractivity contribution < 1.29 is 14.3 Å². The van der Waals surface area contributed by atoms with Gasteiger partial charge in [0.15, 0.2) is 0 Å². The van der Waals surface area contributed by atoms with Crippen LogP contribution in [0.15, 0.2) is 22.9 Å². The molecule has 1 N–H and O–H groups in total. The number of hydrogen-bond acceptors (Lipinski definition) is 4. The third-order valence-corrected chi connectivity index (χ3v) is 2.57. The van der Waals surface area contributed by atoms with Gasteiger partial charge in [-0.15, -0.1) is 0 Å². The fraction of sp³-hybridized carbons (Fsp3) is 0.462. The molecule has 1 aromatic rings. The van der Waals surface area contributed by atoms with E-state index in [-0.39, 0.29) is 5.91 Å². The van der Waals surface area contributed by atoms with E-state index in [1.54, 1.807) is 39.8 Å². The van der Waals surface area contributed by atoms with E-state index in [2.05, 4.69) is 26.2 Å². The first-order valence-corrected chi connectivity index (χ1v) is 6.63. The van der Waals surface area contributed by atoms with Gasteiger partial charge in [-0.05, 0) is 55.8 Å². The molecular weight excluding hydrogens is 312 g/mol. The zero-order chi connectivity index (χ0) is 14.6. The second kappa shape index (κ2) is 6.14. The van der Waals surface area contributed by atoms with Crippen molar-refractivity contribution in [3.05, 3.63) is 28.5 Å². The lowest BCUT2D eigenvalue weighted by atomic mass is 10.2. The van der Waals surface area contributed by atoms with Crippen LogP contribution in [0.2, 0.25) is 0 Å². The smallest absolute Gasteiger partial charge is 0.328 e. The molecule has 1 rings (SSSR count). The summed E-state index contributed by atoms with van der Waals surface area (Å²) in [6.07, 6.45) is 1.43. The summed E-state index contributed by atoms with van der Waals surface area (Å²) in [4.78, 5) is 27.5. The predicted molar refractivity (Wildman–Crippen MR) is 74.7 cm³/mol. The molecule has 1 atom stereocenters. The van der Waals surface area contributed by atoms with Crippen molar-refractivity contribution in [1.82, 2.24) is 10.3 Å². The Kier molecular flexibility index (Phi) is 5.05. The number of halogens is 1. The van der Waals surface area contributed by atoms with Crippen molar-refractivity contribution in [2.45, 2.75) is 39.3 Å². The highest BCUT2D eigenvalue weighted by molar-refractivity contribution is 9.10. The number of nitrogens with one attached hydrogen (secondary N) is 1. The zero-order valence-electron chi connectivity index (χ0n) is 11.4. The fourth-order valence-electron chi connectivity index (χ4n) is 1.24. The van der Waals surface area contributed by atoms with Gasteiger partial charge < -0.3 is 10.1 Å². The second-order valence-corrected chi connectivity index (χ2v) is 5.91. The SMILES string of the molecule is C[C@H](NC(=O)c1ccc(Br)nc1)C(=O)OC(C)(C)C. The maximum atomic E-state index is 11.9. The molecule has 0 fully saturated rings. The summed E-state index contributed by atoms with van der Waals surface area (Å²) in [5, 5.41) is 2.57. The van der Waals surface area contributed by atoms with Crippen LogP contribution in [-0.4, -0.2) is 28.5 Å². The van der Waals surface area contributed by atoms with Crippen LogP contribution in [0.3, 0.4) is 0 Å². The Hall–Kier alpha value is -1.43. The summed E-state index contributed by atoms with van der Waals surface area (Å²) < 4.78 is 5.82. The Balaban J connectivity index is 2.61. The van der Waals surface area contributed by atoms with Gasteiger partial charge in [-0.1, -0.05) is 0 Å². The summed E-state index contributed by atoms with van der Waals surface area (Å²) in [6.45, 7) is 6.91. The number of rotatable bonds is 3. The number of pyridine rings is 1. The maximum Gasteiger partial charge on any atom is 0.328 e. The van der Waals surface area contributed by atoms with Crippen LogP contribution >= 0.6 is 15.9 Å². The van der Waals surface area contributed by atoms with E-state index in [4.69, 9.17) is 4.74 Å². The van der Waals surface area contributed by atoms with Crippen molar-refractivity contribution in [3.63, 3.8) is 0 Å². The number of esters is 1. The summed E-state index contributed by atoms with van der Waals surface area (Å²) in [7, 11) is 0. The zero-order valence-corrected chi connectivity index (χ0v) is 12.9. The summed E-state index contributed by atoms with van der Waals surface area (Å²) in [5.41, 5.74) is -0.187. The van der Waals surface area contributed by atoms with Gasteiger partial charge in [0.05, 0.1) is 5.56 Å². The molecule has 1 heterocycles. The minimum Gasteiger partial charge on any atom is -0.458 e. The average molecular weight is 329 g/mol. The molecule has 0 aliphatic carbocycles. The van der Waals surface area contributed by atoms with Crippen LogP contribution in [0.5, 0.6) is 0 Å². The van der Waals surface area contributed by atoms with Crippen LogP contribution in [0.4, 0.5) is 0 Å². The number of ether oxygens (including phenoxy) is 1. The first-order chi connectivity index (χ1) is 8.69. The minimum atomic E-state index is -0.713. The predicted octanol–water partition coefficient (Wildman–Crippen LogP) is 2.30. The van der Waals surface area contributed by atoms with E-state index < -0.39 is 17.6 Å². The maximum absolute atomic E-state index is 11.9. The monoisotopic (exact) mass is 328 g/mol. The molecule has 6 heteroatoms. The highest BCUT2D eigenvalue weighted by Crippen LogP contribution is 2.09. The molecule has 0 unspecified atom stereocenters. The molecule has 0 saturated heterocycles. The topological polar surface area (TPSA) is 68.3 Å². The quantitative estimate of drug-likeness (QED) is 0.682. The second-order valence-electron chi connectivity index (χ2n) is 5.10. The van der Waals surface area contributed by atoms with Crippen molar-refractivity contribution >= 4 is 27.8 Å². The van der Waals surface area contributed by atoms with Gasteiger partial charge in [0, 0.05) is 6.20 Å². The van der Waals surface area contributed by atoms with E-state index in [1.807, 2.05) is 0 Å². The molecule has 0 aliphatic heterocycles. The third kappa shape index (κ3) is 5.38. The first kappa shape index (κ1) is 15.6. The number of amides is 1. The van der Waals surface area contributed by atoms with E-state index in [1.165, 1.54) is 6.20 Å². The van der Waals surface area contributed by atoms with Crippen molar-refractivity contribution in [2.24, 2.45) is 0 Å². The normalized spacial score (nSPS) is 12.7. The van der Waals surface area contributed by atoms with Crippen LogP contribution in [-0.2, 0) is 9.53 Å². The van der Waals surface area contributed by atoms with Gasteiger partial charge in [-0.2, -0.15) is 0 Å². The van der Waals surface area contributed by atoms with Gasteiger partial charge in [0.1, 0.15) is 16.2 Å². The van der Waals surface area contributed by atoms with Gasteiger partial charge >= 0.3 is 5.97 Å². The Bertz CT molecular complexity index is 466. The van der Waals surface area contributed by atoms with Gasteiger partial charge in [0.2, 0.25) is 0 Å². The third-order valence-electron chi connectivity index (χ3n) is 2.10. The van der Waals surface area contributed by atoms with E-state index >= 15 is 0 Å². The summed E-state index contributed by atoms with van der Waals surface area (Å²) in [5.74, 6) is -0.829. The molecule has 0 radical (unpaired) electrons. The number of hydrogen-bond donors (Lipinski definition) is 1. The number of nitrogens with zero attached hydrogens (tertiary/aromatic N) is 1. The lowest BCUT2D eigenvalue weighted by Gasteiger charge is -2.22. The molecule has 0 spiro atoms. The highest BCUT2D eigenvalue weighted by atomic mass is 79.9. The van der Waals surface area contributed by atoms with Crippen LogP contribution in [0.1, 0.15) is 38.1 Å². The standard InChI is InChI=1S/C13H17BrN2O3/c1-8(12(18)19-13(2,3)4)16-11(17)9-5-6-10(14)15-7-9/h5-8H,1-4H3,(H,16,17)/t8-/m0/s1. The van der Waals surface area contributed by atoms with Gasteiger partial charge in [-0.3, -0.25) is 4.79 Å². The van der Waals surface area contributed by atoms with E-state index in [0.29, 0.717) is 10.2 Å². The van der Waals surface area contributed by atoms with Crippen molar-refractivity contribution in [1.29, 1.82) is 0 Å². The summed E-state index contributed by atoms with van der Waals surface area (Å²) in [6, 6.07) is 2.57. The highest BCUT2D eigenvalue weighted by Gasteiger charge is 2.23. The van der Waals surface area contributed by atoms with Crippen LogP contribution in [0.25, 0.3) is 0 Å². The molecule has 1 aromatic heterocycles. The Morgan fingerprint density at radius 1 is 1.37 bits per heavy atom. The average Bonchev–Trinajstić information content (AvgIpc) is 2.27. The van der Waals surface area contributed by atoms with Crippen molar-refractivity contribution in [3.8, 4) is 0 Å². The Morgan fingerprint density at radius 3 is 2.47 bits per heavy atom. The minimum absolute atomic E-state index is 0.363. The number of carbonyl (C=O) groups is 2. The van der Waals surface area contributed by atoms with Gasteiger partial charge in [0.25, 0.3) is 5.91 Å². The molecule has 0 saturated carbocycles. The summed E-state index contributed by atoms with van der Waals surface area (Å²) >= 11 is 3.18. The molecular formula is C13H17BrN2O3. The molecule has 0 bridgehead atoms. The molecule has 19 heavy (non-hydrogen) atoms.